The van der Waals surface area contributed by atoms with Crippen LogP contribution < -0.4 is 16.2 Å². The molecule has 0 aliphatic rings. The molecule has 1 aromatic carbocycles. The van der Waals surface area contributed by atoms with Crippen LogP contribution in [0.1, 0.15) is 21.1 Å². The topological polar surface area (TPSA) is 117 Å². The van der Waals surface area contributed by atoms with Gasteiger partial charge < -0.3 is 15.6 Å². The number of fused-ring (bicyclic) bond motifs is 1. The van der Waals surface area contributed by atoms with Crippen LogP contribution in [0.15, 0.2) is 53.5 Å². The summed E-state index contributed by atoms with van der Waals surface area (Å²) in [5.41, 5.74) is 0.369. The Labute approximate surface area is 142 Å². The van der Waals surface area contributed by atoms with E-state index in [2.05, 4.69) is 25.6 Å². The highest BCUT2D eigenvalue weighted by Gasteiger charge is 2.11. The van der Waals surface area contributed by atoms with Crippen molar-refractivity contribution in [2.75, 3.05) is 13.1 Å². The second-order valence-corrected chi connectivity index (χ2v) is 5.16. The van der Waals surface area contributed by atoms with Gasteiger partial charge in [0, 0.05) is 19.3 Å². The Morgan fingerprint density at radius 3 is 2.44 bits per heavy atom. The summed E-state index contributed by atoms with van der Waals surface area (Å²) in [7, 11) is 0. The molecule has 2 aromatic heterocycles. The van der Waals surface area contributed by atoms with Crippen LogP contribution in [-0.4, -0.2) is 39.9 Å². The van der Waals surface area contributed by atoms with Gasteiger partial charge in [-0.15, -0.1) is 0 Å². The summed E-state index contributed by atoms with van der Waals surface area (Å²) in [6.45, 7) is 0.410. The molecule has 0 saturated carbocycles. The molecule has 0 fully saturated rings. The Hall–Kier alpha value is -3.55. The zero-order chi connectivity index (χ0) is 17.6. The normalized spacial score (nSPS) is 10.4. The largest absolute Gasteiger partial charge is 0.349 e. The Bertz CT molecular complexity index is 969. The molecule has 0 radical (unpaired) electrons. The number of H-pyrrole nitrogens is 1. The standard InChI is InChI=1S/C17H15N5O3/c23-15-11-5-1-2-6-12(11)21-14(22-15)17(25)20-10-9-19-16(24)13-7-3-4-8-18-13/h1-8H,9-10H2,(H,19,24)(H,20,25)(H,21,22,23). The lowest BCUT2D eigenvalue weighted by atomic mass is 10.2. The molecular formula is C17H15N5O3. The number of hydrogen-bond acceptors (Lipinski definition) is 5. The van der Waals surface area contributed by atoms with Crippen molar-refractivity contribution in [1.29, 1.82) is 0 Å². The van der Waals surface area contributed by atoms with Gasteiger partial charge in [0.1, 0.15) is 5.69 Å². The maximum atomic E-state index is 12.1. The van der Waals surface area contributed by atoms with Crippen LogP contribution in [0.3, 0.4) is 0 Å². The molecule has 3 N–H and O–H groups in total. The highest BCUT2D eigenvalue weighted by atomic mass is 16.2. The number of benzene rings is 1. The van der Waals surface area contributed by atoms with Gasteiger partial charge in [-0.25, -0.2) is 4.98 Å². The van der Waals surface area contributed by atoms with Crippen LogP contribution in [0, 0.1) is 0 Å². The van der Waals surface area contributed by atoms with Crippen LogP contribution in [0.5, 0.6) is 0 Å². The lowest BCUT2D eigenvalue weighted by Crippen LogP contribution is -2.36. The Balaban J connectivity index is 1.56. The van der Waals surface area contributed by atoms with Gasteiger partial charge in [0.15, 0.2) is 5.82 Å². The van der Waals surface area contributed by atoms with E-state index < -0.39 is 5.91 Å². The summed E-state index contributed by atoms with van der Waals surface area (Å²) in [5, 5.41) is 5.65. The maximum Gasteiger partial charge on any atom is 0.287 e. The number of pyridine rings is 1. The van der Waals surface area contributed by atoms with E-state index in [4.69, 9.17) is 0 Å². The molecule has 2 amide bonds. The van der Waals surface area contributed by atoms with Gasteiger partial charge in [0.2, 0.25) is 0 Å². The number of aromatic nitrogens is 3. The first kappa shape index (κ1) is 16.3. The number of para-hydroxylation sites is 1. The van der Waals surface area contributed by atoms with Crippen LogP contribution in [0.25, 0.3) is 10.9 Å². The second-order valence-electron chi connectivity index (χ2n) is 5.16. The molecular weight excluding hydrogens is 322 g/mol. The zero-order valence-electron chi connectivity index (χ0n) is 13.2. The first-order chi connectivity index (χ1) is 12.1. The summed E-state index contributed by atoms with van der Waals surface area (Å²) in [6, 6.07) is 11.8. The second kappa shape index (κ2) is 7.35. The molecule has 3 aromatic rings. The third-order valence-corrected chi connectivity index (χ3v) is 3.42. The molecule has 126 valence electrons. The third kappa shape index (κ3) is 3.86. The highest BCUT2D eigenvalue weighted by molar-refractivity contribution is 5.93. The molecule has 0 atom stereocenters. The maximum absolute atomic E-state index is 12.1. The monoisotopic (exact) mass is 337 g/mol. The van der Waals surface area contributed by atoms with Gasteiger partial charge in [-0.05, 0) is 24.3 Å². The van der Waals surface area contributed by atoms with Gasteiger partial charge >= 0.3 is 0 Å². The van der Waals surface area contributed by atoms with E-state index in [9.17, 15) is 14.4 Å². The summed E-state index contributed by atoms with van der Waals surface area (Å²) in [4.78, 5) is 46.3. The smallest absolute Gasteiger partial charge is 0.287 e. The van der Waals surface area contributed by atoms with Gasteiger partial charge in [0.05, 0.1) is 10.9 Å². The highest BCUT2D eigenvalue weighted by Crippen LogP contribution is 2.05. The van der Waals surface area contributed by atoms with Crippen molar-refractivity contribution in [1.82, 2.24) is 25.6 Å². The van der Waals surface area contributed by atoms with Crippen molar-refractivity contribution < 1.29 is 9.59 Å². The summed E-state index contributed by atoms with van der Waals surface area (Å²) in [5.74, 6) is -0.915. The third-order valence-electron chi connectivity index (χ3n) is 3.42. The first-order valence-corrected chi connectivity index (χ1v) is 7.61. The van der Waals surface area contributed by atoms with E-state index >= 15 is 0 Å². The number of rotatable bonds is 5. The minimum Gasteiger partial charge on any atom is -0.349 e. The Kier molecular flexibility index (Phi) is 4.79. The fraction of sp³-hybridized carbons (Fsp3) is 0.118. The summed E-state index contributed by atoms with van der Waals surface area (Å²) >= 11 is 0. The Morgan fingerprint density at radius 1 is 0.960 bits per heavy atom. The number of amides is 2. The predicted molar refractivity (Wildman–Crippen MR) is 91.3 cm³/mol. The Morgan fingerprint density at radius 2 is 1.68 bits per heavy atom. The molecule has 0 aliphatic carbocycles. The average molecular weight is 337 g/mol. The minimum absolute atomic E-state index is 0.0697. The van der Waals surface area contributed by atoms with Gasteiger partial charge in [0.25, 0.3) is 17.4 Å². The number of carbonyl (C=O) groups is 2. The number of hydrogen-bond donors (Lipinski definition) is 3. The van der Waals surface area contributed by atoms with E-state index in [1.807, 2.05) is 0 Å². The summed E-state index contributed by atoms with van der Waals surface area (Å²) in [6.07, 6.45) is 1.53. The van der Waals surface area contributed by atoms with E-state index in [-0.39, 0.29) is 30.4 Å². The lowest BCUT2D eigenvalue weighted by Gasteiger charge is -2.07. The number of nitrogens with zero attached hydrogens (tertiary/aromatic N) is 2. The van der Waals surface area contributed by atoms with Gasteiger partial charge in [-0.1, -0.05) is 18.2 Å². The quantitative estimate of drug-likeness (QED) is 0.585. The van der Waals surface area contributed by atoms with Gasteiger partial charge in [-0.2, -0.15) is 0 Å². The molecule has 0 spiro atoms. The summed E-state index contributed by atoms with van der Waals surface area (Å²) < 4.78 is 0. The van der Waals surface area contributed by atoms with Crippen molar-refractivity contribution in [2.24, 2.45) is 0 Å². The van der Waals surface area contributed by atoms with E-state index in [1.54, 1.807) is 42.5 Å². The number of aromatic amines is 1. The van der Waals surface area contributed by atoms with E-state index in [0.29, 0.717) is 16.6 Å². The molecule has 8 heteroatoms. The fourth-order valence-electron chi connectivity index (χ4n) is 2.22. The van der Waals surface area contributed by atoms with Crippen molar-refractivity contribution in [3.05, 3.63) is 70.5 Å². The van der Waals surface area contributed by atoms with Crippen LogP contribution in [0.2, 0.25) is 0 Å². The molecule has 8 nitrogen and oxygen atoms in total. The van der Waals surface area contributed by atoms with Crippen LogP contribution in [-0.2, 0) is 0 Å². The van der Waals surface area contributed by atoms with Crippen molar-refractivity contribution in [2.45, 2.75) is 0 Å². The molecule has 0 saturated heterocycles. The van der Waals surface area contributed by atoms with Crippen LogP contribution in [0.4, 0.5) is 0 Å². The molecule has 0 aliphatic heterocycles. The SMILES string of the molecule is O=C(NCCNC(=O)c1nc2ccccc2c(=O)[nH]1)c1ccccn1. The van der Waals surface area contributed by atoms with E-state index in [0.717, 1.165) is 0 Å². The molecule has 0 bridgehead atoms. The number of nitrogens with one attached hydrogen (secondary N) is 3. The average Bonchev–Trinajstić information content (AvgIpc) is 2.65. The number of carbonyl (C=O) groups excluding carboxylic acids is 2. The van der Waals surface area contributed by atoms with E-state index in [1.165, 1.54) is 6.20 Å². The van der Waals surface area contributed by atoms with Crippen molar-refractivity contribution in [3.8, 4) is 0 Å². The zero-order valence-corrected chi connectivity index (χ0v) is 13.2. The predicted octanol–water partition coefficient (Wildman–Crippen LogP) is 0.478. The lowest BCUT2D eigenvalue weighted by molar-refractivity contribution is 0.0920. The molecule has 0 unspecified atom stereocenters. The van der Waals surface area contributed by atoms with Gasteiger partial charge in [-0.3, -0.25) is 19.4 Å². The van der Waals surface area contributed by atoms with Crippen molar-refractivity contribution >= 4 is 22.7 Å². The molecule has 2 heterocycles. The minimum atomic E-state index is -0.519. The fourth-order valence-corrected chi connectivity index (χ4v) is 2.22. The molecule has 25 heavy (non-hydrogen) atoms. The van der Waals surface area contributed by atoms with Crippen LogP contribution >= 0.6 is 0 Å². The molecule has 3 rings (SSSR count). The van der Waals surface area contributed by atoms with Crippen molar-refractivity contribution in [3.63, 3.8) is 0 Å². The first-order valence-electron chi connectivity index (χ1n) is 7.61.